The van der Waals surface area contributed by atoms with Gasteiger partial charge in [0.25, 0.3) is 6.43 Å². The van der Waals surface area contributed by atoms with Gasteiger partial charge in [-0.05, 0) is 28.1 Å². The molecule has 4 nitrogen and oxygen atoms in total. The lowest BCUT2D eigenvalue weighted by molar-refractivity contribution is -0.213. The fraction of sp³-hybridized carbons (Fsp3) is 0.316. The van der Waals surface area contributed by atoms with Crippen LogP contribution in [-0.2, 0) is 10.3 Å². The van der Waals surface area contributed by atoms with Crippen LogP contribution in [0.3, 0.4) is 0 Å². The van der Waals surface area contributed by atoms with Crippen molar-refractivity contribution in [1.82, 2.24) is 4.98 Å². The quantitative estimate of drug-likeness (QED) is 0.314. The standard InChI is InChI=1S/C19H13BrF6N2O2/c20-14-7-6-11(21)16(27-14)18(17(22)23)9-13(19(24,25)26)30-15(28-18)8-12(29)10-4-2-1-3-5-10/h1-7,13,17H,8-9H2/t13-,18+/m0/s1. The average Bonchev–Trinajstić information content (AvgIpc) is 2.69. The van der Waals surface area contributed by atoms with Gasteiger partial charge in [-0.3, -0.25) is 4.79 Å². The Morgan fingerprint density at radius 2 is 1.87 bits per heavy atom. The predicted octanol–water partition coefficient (Wildman–Crippen LogP) is 5.47. The highest BCUT2D eigenvalue weighted by atomic mass is 79.9. The van der Waals surface area contributed by atoms with Gasteiger partial charge < -0.3 is 4.74 Å². The minimum Gasteiger partial charge on any atom is -0.468 e. The smallest absolute Gasteiger partial charge is 0.425 e. The first-order valence-electron chi connectivity index (χ1n) is 8.54. The van der Waals surface area contributed by atoms with E-state index in [4.69, 9.17) is 4.74 Å². The van der Waals surface area contributed by atoms with E-state index in [1.165, 1.54) is 24.3 Å². The van der Waals surface area contributed by atoms with E-state index in [2.05, 4.69) is 25.9 Å². The molecular formula is C19H13BrF6N2O2. The zero-order valence-corrected chi connectivity index (χ0v) is 16.6. The molecule has 1 aliphatic rings. The number of aliphatic imine (C=N–C) groups is 1. The molecule has 30 heavy (non-hydrogen) atoms. The Labute approximate surface area is 175 Å². The van der Waals surface area contributed by atoms with E-state index in [0.717, 1.165) is 12.1 Å². The Bertz CT molecular complexity index is 967. The first-order valence-corrected chi connectivity index (χ1v) is 9.33. The summed E-state index contributed by atoms with van der Waals surface area (Å²) in [6.45, 7) is 0. The number of rotatable bonds is 5. The van der Waals surface area contributed by atoms with E-state index in [1.807, 2.05) is 0 Å². The summed E-state index contributed by atoms with van der Waals surface area (Å²) in [6, 6.07) is 9.39. The minimum atomic E-state index is -5.06. The summed E-state index contributed by atoms with van der Waals surface area (Å²) in [5.41, 5.74) is -3.81. The first kappa shape index (κ1) is 22.3. The zero-order chi connectivity index (χ0) is 22.1. The largest absolute Gasteiger partial charge is 0.468 e. The maximum Gasteiger partial charge on any atom is 0.425 e. The van der Waals surface area contributed by atoms with Crippen LogP contribution in [0.5, 0.6) is 0 Å². The fourth-order valence-corrected chi connectivity index (χ4v) is 3.33. The number of halogens is 7. The number of hydrogen-bond donors (Lipinski definition) is 0. The van der Waals surface area contributed by atoms with Gasteiger partial charge in [-0.2, -0.15) is 13.2 Å². The number of nitrogens with zero attached hydrogens (tertiary/aromatic N) is 2. The number of Topliss-reactive ketones (excluding diaryl/α,β-unsaturated/α-hetero) is 1. The number of alkyl halides is 5. The van der Waals surface area contributed by atoms with Crippen molar-refractivity contribution in [2.24, 2.45) is 4.99 Å². The minimum absolute atomic E-state index is 0.0638. The summed E-state index contributed by atoms with van der Waals surface area (Å²) < 4.78 is 87.6. The number of ether oxygens (including phenoxy) is 1. The van der Waals surface area contributed by atoms with Gasteiger partial charge in [0.15, 0.2) is 23.3 Å². The number of ketones is 1. The molecule has 0 N–H and O–H groups in total. The Hall–Kier alpha value is -2.43. The van der Waals surface area contributed by atoms with Crippen molar-refractivity contribution in [2.45, 2.75) is 37.1 Å². The van der Waals surface area contributed by atoms with Gasteiger partial charge in [0, 0.05) is 12.0 Å². The van der Waals surface area contributed by atoms with E-state index in [-0.39, 0.29) is 10.2 Å². The number of carbonyl (C=O) groups is 1. The van der Waals surface area contributed by atoms with Crippen LogP contribution in [0.15, 0.2) is 52.1 Å². The summed E-state index contributed by atoms with van der Waals surface area (Å²) in [6.07, 6.45) is -13.5. The van der Waals surface area contributed by atoms with E-state index in [9.17, 15) is 31.1 Å². The molecule has 160 valence electrons. The van der Waals surface area contributed by atoms with Gasteiger partial charge in [0.2, 0.25) is 0 Å². The highest BCUT2D eigenvalue weighted by molar-refractivity contribution is 9.10. The third kappa shape index (κ3) is 4.50. The van der Waals surface area contributed by atoms with E-state index < -0.39 is 60.3 Å². The van der Waals surface area contributed by atoms with Crippen molar-refractivity contribution in [2.75, 3.05) is 0 Å². The second-order valence-corrected chi connectivity index (χ2v) is 7.33. The van der Waals surface area contributed by atoms with Gasteiger partial charge in [-0.1, -0.05) is 30.3 Å². The number of pyridine rings is 1. The fourth-order valence-electron chi connectivity index (χ4n) is 3.02. The van der Waals surface area contributed by atoms with Gasteiger partial charge >= 0.3 is 6.18 Å². The summed E-state index contributed by atoms with van der Waals surface area (Å²) in [5, 5.41) is 0. The third-order valence-electron chi connectivity index (χ3n) is 4.45. The van der Waals surface area contributed by atoms with Crippen molar-refractivity contribution >= 4 is 27.6 Å². The van der Waals surface area contributed by atoms with Crippen LogP contribution in [0.2, 0.25) is 0 Å². The lowest BCUT2D eigenvalue weighted by atomic mass is 9.86. The molecule has 0 radical (unpaired) electrons. The van der Waals surface area contributed by atoms with Crippen LogP contribution in [0.4, 0.5) is 26.3 Å². The van der Waals surface area contributed by atoms with Crippen LogP contribution >= 0.6 is 15.9 Å². The molecule has 0 saturated heterocycles. The van der Waals surface area contributed by atoms with E-state index in [1.54, 1.807) is 6.07 Å². The first-order chi connectivity index (χ1) is 14.0. The molecule has 0 fully saturated rings. The second kappa shape index (κ2) is 8.37. The predicted molar refractivity (Wildman–Crippen MR) is 97.9 cm³/mol. The molecule has 1 aromatic heterocycles. The van der Waals surface area contributed by atoms with Crippen molar-refractivity contribution in [3.63, 3.8) is 0 Å². The molecule has 2 heterocycles. The number of carbonyl (C=O) groups excluding carboxylic acids is 1. The average molecular weight is 495 g/mol. The molecule has 0 aliphatic carbocycles. The Kier molecular flexibility index (Phi) is 6.21. The lowest BCUT2D eigenvalue weighted by Crippen LogP contribution is -2.49. The number of aromatic nitrogens is 1. The van der Waals surface area contributed by atoms with Crippen LogP contribution in [-0.4, -0.2) is 35.4 Å². The molecule has 0 unspecified atom stereocenters. The van der Waals surface area contributed by atoms with Crippen molar-refractivity contribution in [3.05, 3.63) is 64.1 Å². The summed E-state index contributed by atoms with van der Waals surface area (Å²) in [7, 11) is 0. The Morgan fingerprint density at radius 1 is 1.20 bits per heavy atom. The van der Waals surface area contributed by atoms with Crippen LogP contribution in [0, 0.1) is 5.82 Å². The summed E-state index contributed by atoms with van der Waals surface area (Å²) in [5.74, 6) is -2.80. The molecule has 0 amide bonds. The van der Waals surface area contributed by atoms with Gasteiger partial charge in [0.1, 0.15) is 16.1 Å². The van der Waals surface area contributed by atoms with Crippen molar-refractivity contribution < 1.29 is 35.9 Å². The summed E-state index contributed by atoms with van der Waals surface area (Å²) in [4.78, 5) is 19.6. The zero-order valence-electron chi connectivity index (χ0n) is 15.0. The van der Waals surface area contributed by atoms with Gasteiger partial charge in [-0.15, -0.1) is 0 Å². The van der Waals surface area contributed by atoms with E-state index in [0.29, 0.717) is 0 Å². The molecule has 0 saturated carbocycles. The molecule has 0 bridgehead atoms. The van der Waals surface area contributed by atoms with Crippen LogP contribution in [0.1, 0.15) is 28.9 Å². The topological polar surface area (TPSA) is 51.5 Å². The molecule has 1 aliphatic heterocycles. The highest BCUT2D eigenvalue weighted by Gasteiger charge is 2.57. The second-order valence-electron chi connectivity index (χ2n) is 6.51. The molecule has 1 aromatic carbocycles. The van der Waals surface area contributed by atoms with Crippen molar-refractivity contribution in [1.29, 1.82) is 0 Å². The molecule has 2 atom stereocenters. The monoisotopic (exact) mass is 494 g/mol. The van der Waals surface area contributed by atoms with E-state index >= 15 is 0 Å². The molecule has 11 heteroatoms. The van der Waals surface area contributed by atoms with Crippen molar-refractivity contribution in [3.8, 4) is 0 Å². The maximum atomic E-state index is 14.4. The molecule has 3 rings (SSSR count). The Morgan fingerprint density at radius 3 is 2.47 bits per heavy atom. The maximum absolute atomic E-state index is 14.4. The molecule has 2 aromatic rings. The SMILES string of the molecule is O=C(CC1=N[C@](c2nc(Br)ccc2F)(C(F)F)C[C@@H](C(F)(F)F)O1)c1ccccc1. The number of benzene rings is 1. The molecular weight excluding hydrogens is 482 g/mol. The van der Waals surface area contributed by atoms with Gasteiger partial charge in [0.05, 0.1) is 6.42 Å². The normalized spacial score (nSPS) is 21.9. The summed E-state index contributed by atoms with van der Waals surface area (Å²) >= 11 is 2.90. The lowest BCUT2D eigenvalue weighted by Gasteiger charge is -2.38. The van der Waals surface area contributed by atoms with Crippen LogP contribution in [0.25, 0.3) is 0 Å². The highest BCUT2D eigenvalue weighted by Crippen LogP contribution is 2.45. The van der Waals surface area contributed by atoms with Gasteiger partial charge in [-0.25, -0.2) is 23.1 Å². The number of hydrogen-bond acceptors (Lipinski definition) is 4. The Balaban J connectivity index is 2.10. The van der Waals surface area contributed by atoms with Crippen LogP contribution < -0.4 is 0 Å². The molecule has 0 spiro atoms. The third-order valence-corrected chi connectivity index (χ3v) is 4.90.